The van der Waals surface area contributed by atoms with Crippen LogP contribution in [0.1, 0.15) is 6.42 Å². The molecule has 9 heteroatoms. The smallest absolute Gasteiger partial charge is 0.325 e. The Bertz CT molecular complexity index is 486. The second-order valence-corrected chi connectivity index (χ2v) is 3.53. The van der Waals surface area contributed by atoms with Crippen molar-refractivity contribution in [1.82, 2.24) is 9.97 Å². The van der Waals surface area contributed by atoms with E-state index < -0.39 is 35.6 Å². The Hall–Kier alpha value is -1.55. The van der Waals surface area contributed by atoms with E-state index in [2.05, 4.69) is 4.74 Å². The Morgan fingerprint density at radius 1 is 1.44 bits per heavy atom. The van der Waals surface area contributed by atoms with Gasteiger partial charge in [0.1, 0.15) is 6.10 Å². The van der Waals surface area contributed by atoms with E-state index in [1.165, 1.54) is 0 Å². The van der Waals surface area contributed by atoms with Gasteiger partial charge in [-0.2, -0.15) is 4.39 Å². The lowest BCUT2D eigenvalue weighted by Gasteiger charge is -2.08. The van der Waals surface area contributed by atoms with Gasteiger partial charge in [-0.25, -0.2) is 4.79 Å². The van der Waals surface area contributed by atoms with Crippen LogP contribution in [0.5, 0.6) is 0 Å². The molecular weight excluding hydrogens is 251 g/mol. The number of rotatable bonds is 1. The van der Waals surface area contributed by atoms with E-state index in [1.54, 1.807) is 4.98 Å². The van der Waals surface area contributed by atoms with Gasteiger partial charge in [-0.15, -0.1) is 0 Å². The summed E-state index contributed by atoms with van der Waals surface area (Å²) in [4.78, 5) is 24.0. The maximum atomic E-state index is 12.0. The summed E-state index contributed by atoms with van der Waals surface area (Å²) in [5, 5.41) is 26.1. The van der Waals surface area contributed by atoms with E-state index in [0.29, 0.717) is 6.20 Å². The monoisotopic (exact) mass is 264 g/mol. The molecule has 1 saturated heterocycles. The summed E-state index contributed by atoms with van der Waals surface area (Å²) < 4.78 is 16.7. The SMILES string of the molecule is O=c1[nH]cc(F)c(=O)[nH]1.OC[C@H]1OC(O)C[C@@H]1O. The molecule has 18 heavy (non-hydrogen) atoms. The van der Waals surface area contributed by atoms with Gasteiger partial charge in [0.05, 0.1) is 12.7 Å². The number of aromatic amines is 2. The third-order valence-corrected chi connectivity index (χ3v) is 2.16. The first kappa shape index (κ1) is 14.5. The van der Waals surface area contributed by atoms with Gasteiger partial charge in [-0.3, -0.25) is 9.78 Å². The number of hydrogen-bond acceptors (Lipinski definition) is 6. The first-order valence-electron chi connectivity index (χ1n) is 5.04. The van der Waals surface area contributed by atoms with Crippen LogP contribution in [0.4, 0.5) is 4.39 Å². The molecule has 8 nitrogen and oxygen atoms in total. The summed E-state index contributed by atoms with van der Waals surface area (Å²) >= 11 is 0. The highest BCUT2D eigenvalue weighted by atomic mass is 19.1. The highest BCUT2D eigenvalue weighted by molar-refractivity contribution is 4.83. The first-order chi connectivity index (χ1) is 8.43. The normalized spacial score (nSPS) is 26.6. The number of aliphatic hydroxyl groups is 3. The van der Waals surface area contributed by atoms with E-state index in [0.717, 1.165) is 0 Å². The van der Waals surface area contributed by atoms with Crippen LogP contribution in [0.15, 0.2) is 15.8 Å². The van der Waals surface area contributed by atoms with Crippen molar-refractivity contribution in [2.45, 2.75) is 24.9 Å². The van der Waals surface area contributed by atoms with Crippen molar-refractivity contribution in [3.8, 4) is 0 Å². The number of ether oxygens (including phenoxy) is 1. The van der Waals surface area contributed by atoms with Crippen molar-refractivity contribution in [3.05, 3.63) is 32.9 Å². The van der Waals surface area contributed by atoms with Crippen LogP contribution in [0, 0.1) is 5.82 Å². The Kier molecular flexibility index (Phi) is 5.16. The number of halogens is 1. The molecule has 102 valence electrons. The summed E-state index contributed by atoms with van der Waals surface area (Å²) in [5.74, 6) is -0.991. The molecule has 1 aliphatic rings. The minimum atomic E-state index is -1.00. The highest BCUT2D eigenvalue weighted by Crippen LogP contribution is 2.17. The second kappa shape index (κ2) is 6.40. The molecular formula is C9H13FN2O6. The molecule has 0 aliphatic carbocycles. The van der Waals surface area contributed by atoms with E-state index >= 15 is 0 Å². The lowest BCUT2D eigenvalue weighted by molar-refractivity contribution is -0.107. The van der Waals surface area contributed by atoms with Crippen LogP contribution in [0.3, 0.4) is 0 Å². The van der Waals surface area contributed by atoms with Crippen molar-refractivity contribution >= 4 is 0 Å². The molecule has 2 rings (SSSR count). The van der Waals surface area contributed by atoms with Gasteiger partial charge in [0.2, 0.25) is 5.82 Å². The predicted octanol–water partition coefficient (Wildman–Crippen LogP) is -2.35. The molecule has 1 fully saturated rings. The van der Waals surface area contributed by atoms with Gasteiger partial charge < -0.3 is 25.0 Å². The maximum Gasteiger partial charge on any atom is 0.325 e. The number of hydrogen-bond donors (Lipinski definition) is 5. The minimum Gasteiger partial charge on any atom is -0.394 e. The molecule has 1 aliphatic heterocycles. The van der Waals surface area contributed by atoms with E-state index in [4.69, 9.17) is 15.3 Å². The van der Waals surface area contributed by atoms with Crippen LogP contribution in [0.2, 0.25) is 0 Å². The molecule has 0 aromatic carbocycles. The van der Waals surface area contributed by atoms with Crippen LogP contribution in [0.25, 0.3) is 0 Å². The van der Waals surface area contributed by atoms with Crippen molar-refractivity contribution in [3.63, 3.8) is 0 Å². The van der Waals surface area contributed by atoms with Crippen molar-refractivity contribution in [1.29, 1.82) is 0 Å². The molecule has 0 spiro atoms. The van der Waals surface area contributed by atoms with Gasteiger partial charge in [-0.1, -0.05) is 0 Å². The number of nitrogens with one attached hydrogen (secondary N) is 2. The van der Waals surface area contributed by atoms with E-state index in [9.17, 15) is 14.0 Å². The van der Waals surface area contributed by atoms with Gasteiger partial charge in [0.25, 0.3) is 5.56 Å². The molecule has 0 amide bonds. The molecule has 1 aromatic rings. The summed E-state index contributed by atoms with van der Waals surface area (Å²) in [6.07, 6.45) is -1.31. The van der Waals surface area contributed by atoms with Crippen LogP contribution < -0.4 is 11.2 Å². The Morgan fingerprint density at radius 2 is 2.11 bits per heavy atom. The summed E-state index contributed by atoms with van der Waals surface area (Å²) in [5.41, 5.74) is -1.71. The van der Waals surface area contributed by atoms with Gasteiger partial charge in [-0.05, 0) is 0 Å². The van der Waals surface area contributed by atoms with E-state index in [1.807, 2.05) is 4.98 Å². The molecule has 1 aromatic heterocycles. The third-order valence-electron chi connectivity index (χ3n) is 2.16. The maximum absolute atomic E-state index is 12.0. The summed E-state index contributed by atoms with van der Waals surface area (Å²) in [7, 11) is 0. The van der Waals surface area contributed by atoms with Gasteiger partial charge in [0, 0.05) is 12.6 Å². The molecule has 0 bridgehead atoms. The standard InChI is InChI=1S/C5H10O4.C4H3FN2O2/c6-2-4-3(7)1-5(8)9-4;5-2-1-6-4(9)7-3(2)8/h3-8H,1-2H2;1H,(H2,6,7,8,9)/t3-,4+,5?;/m0./s1. The fourth-order valence-corrected chi connectivity index (χ4v) is 1.26. The number of H-pyrrole nitrogens is 2. The average Bonchev–Trinajstić information content (AvgIpc) is 2.64. The lowest BCUT2D eigenvalue weighted by Crippen LogP contribution is -2.24. The zero-order valence-corrected chi connectivity index (χ0v) is 9.17. The predicted molar refractivity (Wildman–Crippen MR) is 56.2 cm³/mol. The highest BCUT2D eigenvalue weighted by Gasteiger charge is 2.31. The quantitative estimate of drug-likeness (QED) is 0.385. The van der Waals surface area contributed by atoms with Gasteiger partial charge in [0.15, 0.2) is 6.29 Å². The second-order valence-electron chi connectivity index (χ2n) is 3.53. The van der Waals surface area contributed by atoms with Gasteiger partial charge >= 0.3 is 5.69 Å². The fraction of sp³-hybridized carbons (Fsp3) is 0.556. The Morgan fingerprint density at radius 3 is 2.44 bits per heavy atom. The molecule has 1 unspecified atom stereocenters. The largest absolute Gasteiger partial charge is 0.394 e. The van der Waals surface area contributed by atoms with Crippen LogP contribution in [-0.2, 0) is 4.74 Å². The number of aromatic nitrogens is 2. The van der Waals surface area contributed by atoms with Crippen LogP contribution in [-0.4, -0.2) is 50.4 Å². The van der Waals surface area contributed by atoms with E-state index in [-0.39, 0.29) is 13.0 Å². The zero-order chi connectivity index (χ0) is 13.7. The molecule has 5 N–H and O–H groups in total. The Balaban J connectivity index is 0.000000180. The lowest BCUT2D eigenvalue weighted by atomic mass is 10.2. The van der Waals surface area contributed by atoms with Crippen LogP contribution >= 0.6 is 0 Å². The number of aliphatic hydroxyl groups excluding tert-OH is 3. The third kappa shape index (κ3) is 4.04. The zero-order valence-electron chi connectivity index (χ0n) is 9.17. The van der Waals surface area contributed by atoms with Crippen molar-refractivity contribution in [2.75, 3.05) is 6.61 Å². The Labute approximate surface area is 99.7 Å². The topological polar surface area (TPSA) is 136 Å². The van der Waals surface area contributed by atoms with Crippen molar-refractivity contribution in [2.24, 2.45) is 0 Å². The summed E-state index contributed by atoms with van der Waals surface area (Å²) in [6.45, 7) is -0.238. The molecule has 3 atom stereocenters. The average molecular weight is 264 g/mol. The minimum absolute atomic E-state index is 0.200. The fourth-order valence-electron chi connectivity index (χ4n) is 1.26. The van der Waals surface area contributed by atoms with Crippen molar-refractivity contribution < 1.29 is 24.4 Å². The molecule has 0 radical (unpaired) electrons. The first-order valence-corrected chi connectivity index (χ1v) is 5.04. The molecule has 2 heterocycles. The summed E-state index contributed by atoms with van der Waals surface area (Å²) in [6, 6.07) is 0. The molecule has 0 saturated carbocycles.